The van der Waals surface area contributed by atoms with E-state index in [-0.39, 0.29) is 11.8 Å². The van der Waals surface area contributed by atoms with E-state index >= 15 is 0 Å². The van der Waals surface area contributed by atoms with Gasteiger partial charge in [-0.15, -0.1) is 0 Å². The lowest BCUT2D eigenvalue weighted by molar-refractivity contribution is -0.121. The Labute approximate surface area is 204 Å². The van der Waals surface area contributed by atoms with Gasteiger partial charge >= 0.3 is 0 Å². The van der Waals surface area contributed by atoms with Crippen LogP contribution < -0.4 is 5.32 Å². The molecular weight excluding hydrogens is 459 g/mol. The molecule has 4 rings (SSSR count). The Bertz CT molecular complexity index is 1100. The van der Waals surface area contributed by atoms with E-state index in [0.29, 0.717) is 33.9 Å². The summed E-state index contributed by atoms with van der Waals surface area (Å²) in [6, 6.07) is 11.4. The number of benzene rings is 2. The normalized spacial score (nSPS) is 15.0. The van der Waals surface area contributed by atoms with Gasteiger partial charge in [0, 0.05) is 22.2 Å². The van der Waals surface area contributed by atoms with Gasteiger partial charge in [-0.25, -0.2) is 0 Å². The maximum Gasteiger partial charge on any atom is 0.241 e. The lowest BCUT2D eigenvalue weighted by Crippen LogP contribution is -2.38. The molecule has 1 fully saturated rings. The van der Waals surface area contributed by atoms with Crippen LogP contribution in [0.1, 0.15) is 43.7 Å². The number of aromatic nitrogens is 2. The number of nitrogens with zero attached hydrogens (tertiary/aromatic N) is 3. The number of nitrogens with one attached hydrogen (secondary N) is 1. The van der Waals surface area contributed by atoms with Crippen LogP contribution in [0.15, 0.2) is 40.9 Å². The largest absolute Gasteiger partial charge is 0.338 e. The van der Waals surface area contributed by atoms with Crippen LogP contribution >= 0.6 is 23.2 Å². The Hall–Kier alpha value is -2.41. The topological polar surface area (TPSA) is 71.3 Å². The summed E-state index contributed by atoms with van der Waals surface area (Å²) in [5.74, 6) is 1.09. The van der Waals surface area contributed by atoms with Crippen molar-refractivity contribution < 1.29 is 9.32 Å². The van der Waals surface area contributed by atoms with E-state index in [1.54, 1.807) is 18.2 Å². The molecule has 0 saturated carbocycles. The molecular formula is C25H28Cl2N4O2. The third kappa shape index (κ3) is 5.57. The Balaban J connectivity index is 1.33. The van der Waals surface area contributed by atoms with E-state index in [0.717, 1.165) is 44.5 Å². The molecule has 3 aromatic rings. The summed E-state index contributed by atoms with van der Waals surface area (Å²) in [7, 11) is 0. The summed E-state index contributed by atoms with van der Waals surface area (Å²) in [6.07, 6.45) is 3.39. The van der Waals surface area contributed by atoms with Crippen molar-refractivity contribution in [3.05, 3.63) is 63.5 Å². The first-order valence-corrected chi connectivity index (χ1v) is 12.2. The van der Waals surface area contributed by atoms with E-state index < -0.39 is 0 Å². The van der Waals surface area contributed by atoms with Gasteiger partial charge in [-0.1, -0.05) is 60.4 Å². The summed E-state index contributed by atoms with van der Waals surface area (Å²) in [4.78, 5) is 19.7. The minimum Gasteiger partial charge on any atom is -0.338 e. The first-order chi connectivity index (χ1) is 16.0. The molecule has 1 amide bonds. The quantitative estimate of drug-likeness (QED) is 0.441. The number of hydrogen-bond donors (Lipinski definition) is 1. The molecule has 0 radical (unpaired) electrons. The Kier molecular flexibility index (Phi) is 7.68. The molecule has 174 valence electrons. The molecule has 6 nitrogen and oxygen atoms in total. The number of para-hydroxylation sites is 1. The molecule has 8 heteroatoms. The summed E-state index contributed by atoms with van der Waals surface area (Å²) in [5.41, 5.74) is 4.06. The van der Waals surface area contributed by atoms with E-state index in [1.165, 1.54) is 11.1 Å². The van der Waals surface area contributed by atoms with Gasteiger partial charge in [-0.3, -0.25) is 9.69 Å². The highest BCUT2D eigenvalue weighted by Crippen LogP contribution is 2.29. The molecule has 0 aliphatic carbocycles. The van der Waals surface area contributed by atoms with Gasteiger partial charge in [-0.2, -0.15) is 4.98 Å². The van der Waals surface area contributed by atoms with E-state index in [1.807, 2.05) is 0 Å². The highest BCUT2D eigenvalue weighted by molar-refractivity contribution is 6.36. The number of aryl methyl sites for hydroxylation is 2. The van der Waals surface area contributed by atoms with E-state index in [2.05, 4.69) is 52.4 Å². The fourth-order valence-electron chi connectivity index (χ4n) is 4.27. The fourth-order valence-corrected chi connectivity index (χ4v) is 4.77. The van der Waals surface area contributed by atoms with Crippen molar-refractivity contribution in [1.82, 2.24) is 15.0 Å². The van der Waals surface area contributed by atoms with E-state index in [4.69, 9.17) is 27.7 Å². The van der Waals surface area contributed by atoms with Crippen molar-refractivity contribution in [2.45, 2.75) is 46.1 Å². The highest BCUT2D eigenvalue weighted by Gasteiger charge is 2.27. The summed E-state index contributed by atoms with van der Waals surface area (Å²) in [5, 5.41) is 8.33. The Morgan fingerprint density at radius 2 is 1.82 bits per heavy atom. The molecule has 0 atom stereocenters. The fraction of sp³-hybridized carbons (Fsp3) is 0.400. The number of amides is 1. The number of likely N-dealkylation sites (tertiary alicyclic amines) is 1. The zero-order valence-corrected chi connectivity index (χ0v) is 20.4. The predicted octanol–water partition coefficient (Wildman–Crippen LogP) is 6.02. The second-order valence-corrected chi connectivity index (χ2v) is 9.18. The maximum absolute atomic E-state index is 13.0. The lowest BCUT2D eigenvalue weighted by Gasteiger charge is -2.30. The number of hydrogen-bond acceptors (Lipinski definition) is 5. The zero-order chi connectivity index (χ0) is 23.4. The number of rotatable bonds is 7. The Morgan fingerprint density at radius 3 is 2.45 bits per heavy atom. The van der Waals surface area contributed by atoms with Crippen molar-refractivity contribution in [3.8, 4) is 11.4 Å². The molecule has 0 spiro atoms. The van der Waals surface area contributed by atoms with Gasteiger partial charge < -0.3 is 9.84 Å². The number of halogens is 2. The second-order valence-electron chi connectivity index (χ2n) is 8.33. The van der Waals surface area contributed by atoms with Gasteiger partial charge in [0.25, 0.3) is 0 Å². The van der Waals surface area contributed by atoms with Gasteiger partial charge in [0.2, 0.25) is 17.6 Å². The van der Waals surface area contributed by atoms with Gasteiger partial charge in [0.15, 0.2) is 0 Å². The molecule has 2 heterocycles. The lowest BCUT2D eigenvalue weighted by atomic mass is 9.95. The molecule has 33 heavy (non-hydrogen) atoms. The molecule has 2 aromatic carbocycles. The number of carbonyl (C=O) groups is 1. The molecule has 1 N–H and O–H groups in total. The summed E-state index contributed by atoms with van der Waals surface area (Å²) >= 11 is 12.2. The maximum atomic E-state index is 13.0. The number of carbonyl (C=O) groups excluding carboxylic acids is 1. The monoisotopic (exact) mass is 486 g/mol. The van der Waals surface area contributed by atoms with Crippen LogP contribution in [0.3, 0.4) is 0 Å². The van der Waals surface area contributed by atoms with Crippen LogP contribution in [0.4, 0.5) is 5.69 Å². The van der Waals surface area contributed by atoms with Crippen LogP contribution in [0.2, 0.25) is 10.0 Å². The van der Waals surface area contributed by atoms with Crippen molar-refractivity contribution in [2.75, 3.05) is 18.4 Å². The third-order valence-corrected chi connectivity index (χ3v) is 6.75. The average Bonchev–Trinajstić information content (AvgIpc) is 3.27. The van der Waals surface area contributed by atoms with Crippen LogP contribution in [0, 0.1) is 5.92 Å². The van der Waals surface area contributed by atoms with Crippen LogP contribution in [-0.4, -0.2) is 34.0 Å². The predicted molar refractivity (Wildman–Crippen MR) is 132 cm³/mol. The first kappa shape index (κ1) is 23.7. The molecule has 1 saturated heterocycles. The van der Waals surface area contributed by atoms with Crippen molar-refractivity contribution in [3.63, 3.8) is 0 Å². The van der Waals surface area contributed by atoms with Crippen molar-refractivity contribution in [2.24, 2.45) is 5.92 Å². The minimum absolute atomic E-state index is 0.00184. The van der Waals surface area contributed by atoms with Crippen LogP contribution in [-0.2, 0) is 24.2 Å². The van der Waals surface area contributed by atoms with Crippen LogP contribution in [0.5, 0.6) is 0 Å². The van der Waals surface area contributed by atoms with E-state index in [9.17, 15) is 4.79 Å². The van der Waals surface area contributed by atoms with Gasteiger partial charge in [-0.05, 0) is 68.1 Å². The smallest absolute Gasteiger partial charge is 0.241 e. The summed E-state index contributed by atoms with van der Waals surface area (Å²) in [6.45, 7) is 6.38. The molecule has 1 aliphatic rings. The molecule has 0 unspecified atom stereocenters. The van der Waals surface area contributed by atoms with Gasteiger partial charge in [0.1, 0.15) is 0 Å². The first-order valence-electron chi connectivity index (χ1n) is 11.4. The standard InChI is InChI=1S/C25H28Cl2N4O2/c1-3-16-6-5-7-17(4-2)23(16)29-25(32)18-10-12-31(13-11-18)15-22-28-24(30-33-22)20-9-8-19(26)14-21(20)27/h5-9,14,18H,3-4,10-13,15H2,1-2H3,(H,29,32). The summed E-state index contributed by atoms with van der Waals surface area (Å²) < 4.78 is 5.44. The number of piperidine rings is 1. The second kappa shape index (κ2) is 10.7. The SMILES string of the molecule is CCc1cccc(CC)c1NC(=O)C1CCN(Cc2nc(-c3ccc(Cl)cc3Cl)no2)CC1. The zero-order valence-electron chi connectivity index (χ0n) is 18.9. The van der Waals surface area contributed by atoms with Crippen molar-refractivity contribution >= 4 is 34.8 Å². The third-order valence-electron chi connectivity index (χ3n) is 6.20. The van der Waals surface area contributed by atoms with Crippen LogP contribution in [0.25, 0.3) is 11.4 Å². The highest BCUT2D eigenvalue weighted by atomic mass is 35.5. The molecule has 0 bridgehead atoms. The van der Waals surface area contributed by atoms with Crippen molar-refractivity contribution in [1.29, 1.82) is 0 Å². The van der Waals surface area contributed by atoms with Gasteiger partial charge in [0.05, 0.1) is 11.6 Å². The molecule has 1 aliphatic heterocycles. The number of anilines is 1. The average molecular weight is 487 g/mol. The minimum atomic E-state index is 0.00184. The molecule has 1 aromatic heterocycles. The Morgan fingerprint density at radius 1 is 1.12 bits per heavy atom.